The molecule has 3 rings (SSSR count). The van der Waals surface area contributed by atoms with Gasteiger partial charge in [0.15, 0.2) is 0 Å². The molecule has 21 heavy (non-hydrogen) atoms. The first-order valence-electron chi connectivity index (χ1n) is 6.93. The van der Waals surface area contributed by atoms with Crippen LogP contribution in [0.3, 0.4) is 0 Å². The van der Waals surface area contributed by atoms with E-state index in [0.717, 1.165) is 34.1 Å². The van der Waals surface area contributed by atoms with Crippen LogP contribution in [0.2, 0.25) is 0 Å². The van der Waals surface area contributed by atoms with Gasteiger partial charge < -0.3 is 4.74 Å². The topological polar surface area (TPSA) is 9.23 Å². The molecular formula is C17H15Br2ClO. The molecule has 0 radical (unpaired) electrons. The highest BCUT2D eigenvalue weighted by atomic mass is 79.9. The summed E-state index contributed by atoms with van der Waals surface area (Å²) in [5, 5.41) is 0. The van der Waals surface area contributed by atoms with Crippen LogP contribution in [0.5, 0.6) is 5.75 Å². The lowest BCUT2D eigenvalue weighted by Crippen LogP contribution is -2.06. The number of hydrogen-bond acceptors (Lipinski definition) is 1. The smallest absolute Gasteiger partial charge is 0.125 e. The van der Waals surface area contributed by atoms with E-state index in [4.69, 9.17) is 16.3 Å². The van der Waals surface area contributed by atoms with Gasteiger partial charge in [0.05, 0.1) is 6.61 Å². The van der Waals surface area contributed by atoms with Crippen molar-refractivity contribution in [3.8, 4) is 5.75 Å². The van der Waals surface area contributed by atoms with Crippen molar-refractivity contribution < 1.29 is 4.74 Å². The first kappa shape index (κ1) is 15.4. The fourth-order valence-electron chi connectivity index (χ4n) is 2.79. The van der Waals surface area contributed by atoms with E-state index in [-0.39, 0.29) is 5.92 Å². The van der Waals surface area contributed by atoms with Gasteiger partial charge in [0.2, 0.25) is 0 Å². The van der Waals surface area contributed by atoms with Gasteiger partial charge in [0, 0.05) is 27.2 Å². The molecule has 0 saturated carbocycles. The highest BCUT2D eigenvalue weighted by Gasteiger charge is 2.20. The Morgan fingerprint density at radius 2 is 2.00 bits per heavy atom. The number of alkyl halides is 1. The largest absolute Gasteiger partial charge is 0.493 e. The molecule has 2 aromatic carbocycles. The highest BCUT2D eigenvalue weighted by Crippen LogP contribution is 2.36. The molecule has 1 nitrogen and oxygen atoms in total. The van der Waals surface area contributed by atoms with E-state index < -0.39 is 0 Å². The van der Waals surface area contributed by atoms with Crippen molar-refractivity contribution in [1.82, 2.24) is 0 Å². The van der Waals surface area contributed by atoms with Crippen molar-refractivity contribution >= 4 is 43.5 Å². The monoisotopic (exact) mass is 428 g/mol. The molecule has 0 bridgehead atoms. The van der Waals surface area contributed by atoms with Crippen molar-refractivity contribution in [3.05, 3.63) is 62.0 Å². The van der Waals surface area contributed by atoms with Gasteiger partial charge in [0.1, 0.15) is 5.75 Å². The van der Waals surface area contributed by atoms with Crippen LogP contribution in [0.25, 0.3) is 0 Å². The molecular weight excluding hydrogens is 415 g/mol. The van der Waals surface area contributed by atoms with Gasteiger partial charge in [0.25, 0.3) is 0 Å². The van der Waals surface area contributed by atoms with Crippen LogP contribution in [-0.2, 0) is 12.8 Å². The Morgan fingerprint density at radius 3 is 2.76 bits per heavy atom. The molecule has 1 aliphatic rings. The lowest BCUT2D eigenvalue weighted by Gasteiger charge is -2.17. The predicted octanol–water partition coefficient (Wildman–Crippen LogP) is 5.71. The maximum absolute atomic E-state index is 6.23. The zero-order chi connectivity index (χ0) is 14.8. The number of rotatable bonds is 4. The Hall–Kier alpha value is -0.510. The third kappa shape index (κ3) is 3.46. The van der Waals surface area contributed by atoms with Crippen LogP contribution in [0.1, 0.15) is 22.6 Å². The minimum Gasteiger partial charge on any atom is -0.493 e. The van der Waals surface area contributed by atoms with E-state index in [1.807, 2.05) is 6.07 Å². The Balaban J connectivity index is 1.91. The number of hydrogen-bond donors (Lipinski definition) is 0. The highest BCUT2D eigenvalue weighted by molar-refractivity contribution is 9.10. The van der Waals surface area contributed by atoms with Gasteiger partial charge in [-0.05, 0) is 47.4 Å². The normalized spacial score (nSPS) is 14.6. The van der Waals surface area contributed by atoms with E-state index >= 15 is 0 Å². The van der Waals surface area contributed by atoms with Gasteiger partial charge in [-0.25, -0.2) is 0 Å². The summed E-state index contributed by atoms with van der Waals surface area (Å²) in [7, 11) is 0. The van der Waals surface area contributed by atoms with Crippen LogP contribution in [0, 0.1) is 0 Å². The number of benzene rings is 2. The van der Waals surface area contributed by atoms with Crippen molar-refractivity contribution in [2.45, 2.75) is 18.8 Å². The molecule has 1 heterocycles. The fraction of sp³-hybridized carbons (Fsp3) is 0.294. The van der Waals surface area contributed by atoms with Crippen LogP contribution in [0.4, 0.5) is 0 Å². The minimum absolute atomic E-state index is 0.284. The third-order valence-electron chi connectivity index (χ3n) is 3.80. The molecule has 0 saturated heterocycles. The molecule has 0 amide bonds. The zero-order valence-corrected chi connectivity index (χ0v) is 15.3. The quantitative estimate of drug-likeness (QED) is 0.565. The van der Waals surface area contributed by atoms with Gasteiger partial charge in [-0.15, -0.1) is 11.6 Å². The van der Waals surface area contributed by atoms with Crippen molar-refractivity contribution in [1.29, 1.82) is 0 Å². The summed E-state index contributed by atoms with van der Waals surface area (Å²) in [6.45, 7) is 0.779. The summed E-state index contributed by atoms with van der Waals surface area (Å²) in [5.41, 5.74) is 3.79. The number of halogens is 3. The summed E-state index contributed by atoms with van der Waals surface area (Å²) in [5.74, 6) is 1.94. The number of ether oxygens (including phenoxy) is 1. The molecule has 0 aromatic heterocycles. The molecule has 0 fully saturated rings. The van der Waals surface area contributed by atoms with E-state index in [9.17, 15) is 0 Å². The van der Waals surface area contributed by atoms with Gasteiger partial charge in [-0.2, -0.15) is 0 Å². The summed E-state index contributed by atoms with van der Waals surface area (Å²) >= 11 is 13.4. The van der Waals surface area contributed by atoms with Crippen molar-refractivity contribution in [3.63, 3.8) is 0 Å². The molecule has 0 spiro atoms. The van der Waals surface area contributed by atoms with Gasteiger partial charge in [-0.3, -0.25) is 0 Å². The third-order valence-corrected chi connectivity index (χ3v) is 5.12. The second-order valence-electron chi connectivity index (χ2n) is 5.26. The number of fused-ring (bicyclic) bond motifs is 1. The Labute approximate surface area is 146 Å². The average molecular weight is 431 g/mol. The fourth-order valence-corrected chi connectivity index (χ4v) is 4.04. The van der Waals surface area contributed by atoms with Gasteiger partial charge in [-0.1, -0.05) is 44.0 Å². The van der Waals surface area contributed by atoms with E-state index in [2.05, 4.69) is 62.2 Å². The van der Waals surface area contributed by atoms with Gasteiger partial charge >= 0.3 is 0 Å². The first-order valence-corrected chi connectivity index (χ1v) is 9.05. The van der Waals surface area contributed by atoms with Crippen LogP contribution < -0.4 is 4.74 Å². The summed E-state index contributed by atoms with van der Waals surface area (Å²) in [4.78, 5) is 0. The van der Waals surface area contributed by atoms with E-state index in [1.54, 1.807) is 0 Å². The van der Waals surface area contributed by atoms with Crippen LogP contribution in [-0.4, -0.2) is 12.5 Å². The lowest BCUT2D eigenvalue weighted by molar-refractivity contribution is 0.353. The second-order valence-corrected chi connectivity index (χ2v) is 7.40. The minimum atomic E-state index is 0.284. The van der Waals surface area contributed by atoms with Crippen molar-refractivity contribution in [2.24, 2.45) is 0 Å². The van der Waals surface area contributed by atoms with E-state index in [0.29, 0.717) is 5.88 Å². The molecule has 1 atom stereocenters. The molecule has 1 aliphatic heterocycles. The summed E-state index contributed by atoms with van der Waals surface area (Å²) < 4.78 is 8.02. The Kier molecular flexibility index (Phi) is 4.92. The van der Waals surface area contributed by atoms with Crippen LogP contribution in [0.15, 0.2) is 45.3 Å². The standard InChI is InChI=1S/C17H15Br2ClO/c18-15-3-1-2-11(7-15)14(10-20)6-13-9-16(19)8-12-4-5-21-17(12)13/h1-3,7-9,14H,4-6,10H2. The molecule has 1 unspecified atom stereocenters. The predicted molar refractivity (Wildman–Crippen MR) is 94.6 cm³/mol. The summed E-state index contributed by atoms with van der Waals surface area (Å²) in [6.07, 6.45) is 1.88. The zero-order valence-electron chi connectivity index (χ0n) is 11.4. The Morgan fingerprint density at radius 1 is 1.14 bits per heavy atom. The molecule has 0 aliphatic carbocycles. The first-order chi connectivity index (χ1) is 10.2. The van der Waals surface area contributed by atoms with Crippen molar-refractivity contribution in [2.75, 3.05) is 12.5 Å². The molecule has 0 N–H and O–H groups in total. The van der Waals surface area contributed by atoms with Crippen LogP contribution >= 0.6 is 43.5 Å². The molecule has 4 heteroatoms. The van der Waals surface area contributed by atoms with E-state index in [1.165, 1.54) is 16.7 Å². The summed E-state index contributed by atoms with van der Waals surface area (Å²) in [6, 6.07) is 12.7. The average Bonchev–Trinajstić information content (AvgIpc) is 2.92. The molecule has 110 valence electrons. The maximum atomic E-state index is 6.23. The second kappa shape index (κ2) is 6.72. The maximum Gasteiger partial charge on any atom is 0.125 e. The molecule has 2 aromatic rings. The lowest BCUT2D eigenvalue weighted by atomic mass is 9.92. The Bertz CT molecular complexity index is 657. The SMILES string of the molecule is ClCC(Cc1cc(Br)cc2c1OCC2)c1cccc(Br)c1.